The fraction of sp³-hybridized carbons (Fsp3) is 0.372. The average molecular weight is 1030 g/mol. The highest BCUT2D eigenvalue weighted by Crippen LogP contribution is 2.36. The van der Waals surface area contributed by atoms with Crippen LogP contribution in [0.2, 0.25) is 25.4 Å². The van der Waals surface area contributed by atoms with Crippen LogP contribution < -0.4 is 22.0 Å². The van der Waals surface area contributed by atoms with Crippen molar-refractivity contribution < 1.29 is 27.8 Å². The van der Waals surface area contributed by atoms with Gasteiger partial charge in [0.25, 0.3) is 11.1 Å². The standard InChI is InChI=1S/C14H13Cl2FN2O.C13H11Cl2FN2O2.C12H10Cl3FO2.C4H10N2/c1-8-6-9(11(17)7-10(8)15)12-13(16)18-4-2-3-5-19(18)14(12)20;14-8-6-9(16)7(5-10(8)19)11-12(15)17-3-1-2-4-18(17)13(11)20;1-3-18-12(17)10(11(14)15)7-4-6(2)8(13)5-9(7)16;1-2-4-6-5-3-1/h6-7H,2-5H2,1H3;5-6,19H,1-4H2;4-5H,3H2,1-2H3;5-6H,1-4H2. The zero-order valence-corrected chi connectivity index (χ0v) is 40.1. The summed E-state index contributed by atoms with van der Waals surface area (Å²) in [5, 5.41) is 10.6. The Balaban J connectivity index is 0.000000169. The van der Waals surface area contributed by atoms with Crippen molar-refractivity contribution in [1.29, 1.82) is 0 Å². The van der Waals surface area contributed by atoms with Gasteiger partial charge in [-0.15, -0.1) is 0 Å². The molecule has 0 radical (unpaired) electrons. The number of carbonyl (C=O) groups is 1. The molecule has 3 aromatic carbocycles. The summed E-state index contributed by atoms with van der Waals surface area (Å²) < 4.78 is 52.9. The molecule has 0 amide bonds. The zero-order chi connectivity index (χ0) is 47.0. The molecule has 1 fully saturated rings. The summed E-state index contributed by atoms with van der Waals surface area (Å²) in [5.74, 6) is -2.96. The van der Waals surface area contributed by atoms with Crippen LogP contribution in [0.5, 0.6) is 5.75 Å². The van der Waals surface area contributed by atoms with Crippen molar-refractivity contribution in [3.8, 4) is 28.0 Å². The first kappa shape index (κ1) is 51.4. The summed E-state index contributed by atoms with van der Waals surface area (Å²) in [7, 11) is 0. The van der Waals surface area contributed by atoms with Gasteiger partial charge in [0.2, 0.25) is 0 Å². The summed E-state index contributed by atoms with van der Waals surface area (Å²) in [5.41, 5.74) is 7.03. The quantitative estimate of drug-likeness (QED) is 0.118. The van der Waals surface area contributed by atoms with Crippen LogP contribution in [-0.2, 0) is 35.7 Å². The third-order valence-corrected chi connectivity index (χ3v) is 12.6. The van der Waals surface area contributed by atoms with Gasteiger partial charge >= 0.3 is 5.97 Å². The molecule has 0 spiro atoms. The molecule has 64 heavy (non-hydrogen) atoms. The van der Waals surface area contributed by atoms with Crippen molar-refractivity contribution in [1.82, 2.24) is 29.6 Å². The fourth-order valence-electron chi connectivity index (χ4n) is 7.03. The first-order valence-electron chi connectivity index (χ1n) is 20.2. The van der Waals surface area contributed by atoms with Crippen molar-refractivity contribution in [3.05, 3.63) is 121 Å². The number of hydrogen-bond acceptors (Lipinski definition) is 7. The number of fused-ring (bicyclic) bond motifs is 2. The first-order valence-corrected chi connectivity index (χ1v) is 22.8. The number of carbonyl (C=O) groups excluding carboxylic acids is 1. The van der Waals surface area contributed by atoms with Crippen LogP contribution in [0.3, 0.4) is 0 Å². The van der Waals surface area contributed by atoms with Gasteiger partial charge in [-0.3, -0.25) is 29.8 Å². The molecule has 0 bridgehead atoms. The summed E-state index contributed by atoms with van der Waals surface area (Å²) in [6.45, 7) is 9.96. The van der Waals surface area contributed by atoms with E-state index in [0.29, 0.717) is 47.5 Å². The van der Waals surface area contributed by atoms with E-state index in [1.807, 2.05) is 0 Å². The van der Waals surface area contributed by atoms with Gasteiger partial charge in [0, 0.05) is 66.0 Å². The number of aromatic nitrogens is 4. The Hall–Kier alpha value is -3.57. The van der Waals surface area contributed by atoms with Crippen molar-refractivity contribution in [2.45, 2.75) is 85.5 Å². The summed E-state index contributed by atoms with van der Waals surface area (Å²) in [4.78, 5) is 36.5. The number of rotatable bonds is 5. The number of aryl methyl sites for hydroxylation is 2. The number of hydrazine groups is 1. The maximum atomic E-state index is 14.1. The maximum absolute atomic E-state index is 14.1. The van der Waals surface area contributed by atoms with Gasteiger partial charge in [0.15, 0.2) is 0 Å². The smallest absolute Gasteiger partial charge is 0.341 e. The minimum absolute atomic E-state index is 0.0312. The number of ether oxygens (including phenoxy) is 1. The van der Waals surface area contributed by atoms with Gasteiger partial charge in [0.05, 0.1) is 28.3 Å². The molecule has 1 saturated heterocycles. The molecule has 346 valence electrons. The van der Waals surface area contributed by atoms with Gasteiger partial charge in [-0.2, -0.15) is 0 Å². The predicted octanol–water partition coefficient (Wildman–Crippen LogP) is 11.5. The van der Waals surface area contributed by atoms with E-state index in [-0.39, 0.29) is 76.6 Å². The lowest BCUT2D eigenvalue weighted by Crippen LogP contribution is -2.37. The number of phenolic OH excluding ortho intramolecular Hbond substituents is 1. The minimum atomic E-state index is -0.780. The van der Waals surface area contributed by atoms with E-state index in [4.69, 9.17) is 85.9 Å². The molecule has 3 aliphatic rings. The van der Waals surface area contributed by atoms with Gasteiger partial charge in [-0.25, -0.2) is 27.3 Å². The summed E-state index contributed by atoms with van der Waals surface area (Å²) >= 11 is 41.0. The Morgan fingerprint density at radius 2 is 1.06 bits per heavy atom. The lowest BCUT2D eigenvalue weighted by Gasteiger charge is -2.17. The van der Waals surface area contributed by atoms with E-state index >= 15 is 0 Å². The van der Waals surface area contributed by atoms with Crippen molar-refractivity contribution in [2.75, 3.05) is 19.7 Å². The van der Waals surface area contributed by atoms with Gasteiger partial charge in [-0.1, -0.05) is 81.2 Å². The molecule has 0 unspecified atom stereocenters. The van der Waals surface area contributed by atoms with Crippen LogP contribution in [0.25, 0.3) is 27.8 Å². The summed E-state index contributed by atoms with van der Waals surface area (Å²) in [6, 6.07) is 7.41. The van der Waals surface area contributed by atoms with Crippen LogP contribution in [0.1, 0.15) is 62.1 Å². The third-order valence-electron chi connectivity index (χ3n) is 10.3. The Labute approximate surface area is 402 Å². The lowest BCUT2D eigenvalue weighted by molar-refractivity contribution is -0.136. The first-order chi connectivity index (χ1) is 30.4. The minimum Gasteiger partial charge on any atom is -0.506 e. The second-order valence-corrected chi connectivity index (χ2v) is 17.6. The number of halogens is 10. The molecule has 0 saturated carbocycles. The molecule has 0 atom stereocenters. The highest BCUT2D eigenvalue weighted by molar-refractivity contribution is 6.61. The Morgan fingerprint density at radius 3 is 1.48 bits per heavy atom. The van der Waals surface area contributed by atoms with Crippen molar-refractivity contribution in [2.24, 2.45) is 0 Å². The Bertz CT molecular complexity index is 2530. The highest BCUT2D eigenvalue weighted by atomic mass is 35.5. The van der Waals surface area contributed by atoms with Crippen LogP contribution >= 0.6 is 81.2 Å². The summed E-state index contributed by atoms with van der Waals surface area (Å²) in [6.07, 6.45) is 6.35. The molecule has 5 aromatic rings. The molecular formula is C43H44Cl7F3N6O5. The third kappa shape index (κ3) is 11.9. The molecule has 2 aromatic heterocycles. The topological polar surface area (TPSA) is 124 Å². The van der Waals surface area contributed by atoms with Crippen LogP contribution in [-0.4, -0.2) is 49.5 Å². The molecule has 11 nitrogen and oxygen atoms in total. The van der Waals surface area contributed by atoms with E-state index in [2.05, 4.69) is 10.9 Å². The normalized spacial score (nSPS) is 14.1. The molecule has 0 aliphatic carbocycles. The van der Waals surface area contributed by atoms with Crippen LogP contribution in [0.15, 0.2) is 50.5 Å². The van der Waals surface area contributed by atoms with Crippen LogP contribution in [0, 0.1) is 31.3 Å². The number of nitrogens with one attached hydrogen (secondary N) is 2. The Kier molecular flexibility index (Phi) is 18.7. The van der Waals surface area contributed by atoms with Crippen LogP contribution in [0.4, 0.5) is 13.2 Å². The SMILES string of the molecule is C1CCNNC1.CCOC(=O)C(=C(Cl)Cl)c1cc(C)c(Cl)cc1F.Cc1cc(-c2c(Cl)n3n(c2=O)CCCC3)c(F)cc1Cl.O=c1c(-c2cc(O)c(Cl)cc2F)c(Cl)n2n1CCCC2. The highest BCUT2D eigenvalue weighted by Gasteiger charge is 2.27. The average Bonchev–Trinajstić information content (AvgIpc) is 3.67. The zero-order valence-electron chi connectivity index (χ0n) is 34.8. The molecule has 3 N–H and O–H groups in total. The van der Waals surface area contributed by atoms with E-state index in [1.165, 1.54) is 29.7 Å². The lowest BCUT2D eigenvalue weighted by atomic mass is 10.0. The van der Waals surface area contributed by atoms with E-state index < -0.39 is 23.4 Å². The molecule has 3 aliphatic heterocycles. The van der Waals surface area contributed by atoms with E-state index in [0.717, 1.165) is 57.0 Å². The number of benzene rings is 3. The molecular weight excluding hydrogens is 986 g/mol. The molecule has 21 heteroatoms. The second-order valence-electron chi connectivity index (χ2n) is 14.7. The van der Waals surface area contributed by atoms with E-state index in [1.54, 1.807) is 40.9 Å². The number of aromatic hydroxyl groups is 1. The second kappa shape index (κ2) is 23.2. The number of hydrogen-bond donors (Lipinski definition) is 3. The van der Waals surface area contributed by atoms with Gasteiger partial charge in [-0.05, 0) is 107 Å². The van der Waals surface area contributed by atoms with E-state index in [9.17, 15) is 32.7 Å². The molecule has 8 rings (SSSR count). The Morgan fingerprint density at radius 1 is 0.641 bits per heavy atom. The number of esters is 1. The fourth-order valence-corrected chi connectivity index (χ4v) is 8.55. The van der Waals surface area contributed by atoms with Gasteiger partial charge in [0.1, 0.15) is 38.0 Å². The largest absolute Gasteiger partial charge is 0.506 e. The number of phenols is 1. The maximum Gasteiger partial charge on any atom is 0.341 e. The van der Waals surface area contributed by atoms with Gasteiger partial charge < -0.3 is 9.84 Å². The molecule has 5 heterocycles. The predicted molar refractivity (Wildman–Crippen MR) is 250 cm³/mol. The number of nitrogens with zero attached hydrogens (tertiary/aromatic N) is 4. The van der Waals surface area contributed by atoms with Crippen molar-refractivity contribution in [3.63, 3.8) is 0 Å². The van der Waals surface area contributed by atoms with Crippen molar-refractivity contribution >= 4 is 92.7 Å². The monoisotopic (exact) mass is 1030 g/mol.